The molecule has 0 saturated carbocycles. The summed E-state index contributed by atoms with van der Waals surface area (Å²) in [5.41, 5.74) is 6.99. The molecule has 0 saturated heterocycles. The number of fused-ring (bicyclic) bond motifs is 1. The van der Waals surface area contributed by atoms with Crippen molar-refractivity contribution in [1.29, 1.82) is 0 Å². The third-order valence-corrected chi connectivity index (χ3v) is 5.52. The van der Waals surface area contributed by atoms with Gasteiger partial charge in [0.2, 0.25) is 0 Å². The van der Waals surface area contributed by atoms with Crippen molar-refractivity contribution in [3.05, 3.63) is 105 Å². The number of halogens is 2. The van der Waals surface area contributed by atoms with Crippen LogP contribution in [0.5, 0.6) is 0 Å². The Bertz CT molecular complexity index is 1060. The average Bonchev–Trinajstić information content (AvgIpc) is 2.76. The number of hydrogen-bond donors (Lipinski definition) is 1. The molecule has 0 aromatic heterocycles. The van der Waals surface area contributed by atoms with Gasteiger partial charge in [0.25, 0.3) is 5.91 Å². The highest BCUT2D eigenvalue weighted by atomic mass is 35.5. The SMILES string of the molecule is O=C(N/N=C\c1c(F)cccc1Cl)c1ccc(CN2CCc3ccccc3C2)cc1. The molecule has 1 N–H and O–H groups in total. The molecule has 0 radical (unpaired) electrons. The van der Waals surface area contributed by atoms with Crippen LogP contribution < -0.4 is 5.43 Å². The number of amides is 1. The molecule has 0 unspecified atom stereocenters. The fourth-order valence-corrected chi connectivity index (χ4v) is 3.77. The molecule has 0 bridgehead atoms. The van der Waals surface area contributed by atoms with Gasteiger partial charge in [-0.1, -0.05) is 54.1 Å². The molecule has 0 atom stereocenters. The smallest absolute Gasteiger partial charge is 0.271 e. The van der Waals surface area contributed by atoms with E-state index in [1.807, 2.05) is 12.1 Å². The Kier molecular flexibility index (Phi) is 6.21. The zero-order chi connectivity index (χ0) is 20.9. The highest BCUT2D eigenvalue weighted by Gasteiger charge is 2.16. The van der Waals surface area contributed by atoms with Gasteiger partial charge in [0.1, 0.15) is 5.82 Å². The first-order chi connectivity index (χ1) is 14.6. The molecular weight excluding hydrogens is 401 g/mol. The molecule has 1 heterocycles. The van der Waals surface area contributed by atoms with Gasteiger partial charge in [-0.2, -0.15) is 5.10 Å². The molecule has 6 heteroatoms. The van der Waals surface area contributed by atoms with Crippen molar-refractivity contribution in [1.82, 2.24) is 10.3 Å². The number of rotatable bonds is 5. The van der Waals surface area contributed by atoms with Crippen LogP contribution in [0.3, 0.4) is 0 Å². The van der Waals surface area contributed by atoms with Gasteiger partial charge in [0.05, 0.1) is 11.2 Å². The lowest BCUT2D eigenvalue weighted by Gasteiger charge is -2.28. The average molecular weight is 422 g/mol. The van der Waals surface area contributed by atoms with E-state index in [1.54, 1.807) is 18.2 Å². The van der Waals surface area contributed by atoms with Crippen LogP contribution in [0.2, 0.25) is 5.02 Å². The molecule has 152 valence electrons. The summed E-state index contributed by atoms with van der Waals surface area (Å²) in [6.45, 7) is 2.79. The largest absolute Gasteiger partial charge is 0.294 e. The number of carbonyl (C=O) groups excluding carboxylic acids is 1. The van der Waals surface area contributed by atoms with Crippen LogP contribution in [0.1, 0.15) is 32.6 Å². The van der Waals surface area contributed by atoms with Gasteiger partial charge in [-0.15, -0.1) is 0 Å². The molecule has 3 aromatic rings. The molecule has 1 aliphatic heterocycles. The summed E-state index contributed by atoms with van der Waals surface area (Å²) in [5.74, 6) is -0.859. The van der Waals surface area contributed by atoms with Gasteiger partial charge in [-0.05, 0) is 47.4 Å². The Morgan fingerprint density at radius 1 is 1.07 bits per heavy atom. The minimum absolute atomic E-state index is 0.137. The van der Waals surface area contributed by atoms with E-state index in [0.29, 0.717) is 5.56 Å². The Hall–Kier alpha value is -3.02. The number of hydrazone groups is 1. The van der Waals surface area contributed by atoms with Crippen molar-refractivity contribution in [2.75, 3.05) is 6.54 Å². The maximum atomic E-state index is 13.7. The number of nitrogens with zero attached hydrogens (tertiary/aromatic N) is 2. The van der Waals surface area contributed by atoms with Crippen LogP contribution in [0.4, 0.5) is 4.39 Å². The second-order valence-corrected chi connectivity index (χ2v) is 7.67. The van der Waals surface area contributed by atoms with Crippen molar-refractivity contribution in [3.63, 3.8) is 0 Å². The standard InChI is InChI=1S/C24H21ClFN3O/c25-22-6-3-7-23(26)21(22)14-27-28-24(30)19-10-8-17(9-11-19)15-29-13-12-18-4-1-2-5-20(18)16-29/h1-11,14H,12-13,15-16H2,(H,28,30)/b27-14-. The predicted molar refractivity (Wildman–Crippen MR) is 117 cm³/mol. The lowest BCUT2D eigenvalue weighted by atomic mass is 9.99. The topological polar surface area (TPSA) is 44.7 Å². The molecule has 0 aliphatic carbocycles. The van der Waals surface area contributed by atoms with E-state index in [1.165, 1.54) is 29.5 Å². The Balaban J connectivity index is 1.34. The first-order valence-corrected chi connectivity index (χ1v) is 10.1. The monoisotopic (exact) mass is 421 g/mol. The van der Waals surface area contributed by atoms with Crippen LogP contribution in [-0.4, -0.2) is 23.6 Å². The van der Waals surface area contributed by atoms with Gasteiger partial charge in [0.15, 0.2) is 0 Å². The van der Waals surface area contributed by atoms with Gasteiger partial charge >= 0.3 is 0 Å². The number of carbonyl (C=O) groups is 1. The summed E-state index contributed by atoms with van der Waals surface area (Å²) in [4.78, 5) is 14.7. The zero-order valence-corrected chi connectivity index (χ0v) is 17.1. The second-order valence-electron chi connectivity index (χ2n) is 7.26. The first-order valence-electron chi connectivity index (χ1n) is 9.75. The van der Waals surface area contributed by atoms with Gasteiger partial charge in [-0.25, -0.2) is 9.82 Å². The second kappa shape index (κ2) is 9.20. The molecule has 3 aromatic carbocycles. The van der Waals surface area contributed by atoms with Crippen LogP contribution in [0, 0.1) is 5.82 Å². The van der Waals surface area contributed by atoms with Crippen molar-refractivity contribution in [3.8, 4) is 0 Å². The normalized spacial score (nSPS) is 13.9. The minimum atomic E-state index is -0.495. The lowest BCUT2D eigenvalue weighted by molar-refractivity contribution is 0.0955. The summed E-state index contributed by atoms with van der Waals surface area (Å²) in [5, 5.41) is 4.05. The van der Waals surface area contributed by atoms with Gasteiger partial charge in [0, 0.05) is 30.8 Å². The minimum Gasteiger partial charge on any atom is -0.294 e. The van der Waals surface area contributed by atoms with Gasteiger partial charge < -0.3 is 0 Å². The fourth-order valence-electron chi connectivity index (χ4n) is 3.56. The van der Waals surface area contributed by atoms with Crippen molar-refractivity contribution >= 4 is 23.7 Å². The first kappa shape index (κ1) is 20.3. The van der Waals surface area contributed by atoms with E-state index in [9.17, 15) is 9.18 Å². The van der Waals surface area contributed by atoms with E-state index in [0.717, 1.165) is 31.6 Å². The maximum Gasteiger partial charge on any atom is 0.271 e. The van der Waals surface area contributed by atoms with E-state index < -0.39 is 5.82 Å². The van der Waals surface area contributed by atoms with Crippen LogP contribution in [0.15, 0.2) is 71.8 Å². The summed E-state index contributed by atoms with van der Waals surface area (Å²) in [6.07, 6.45) is 2.26. The van der Waals surface area contributed by atoms with Gasteiger partial charge in [-0.3, -0.25) is 9.69 Å². The van der Waals surface area contributed by atoms with E-state index in [2.05, 4.69) is 39.7 Å². The molecule has 1 amide bonds. The summed E-state index contributed by atoms with van der Waals surface area (Å²) in [7, 11) is 0. The number of hydrogen-bond acceptors (Lipinski definition) is 3. The van der Waals surface area contributed by atoms with E-state index >= 15 is 0 Å². The van der Waals surface area contributed by atoms with Crippen molar-refractivity contribution in [2.45, 2.75) is 19.5 Å². The summed E-state index contributed by atoms with van der Waals surface area (Å²) >= 11 is 5.94. The molecule has 4 nitrogen and oxygen atoms in total. The van der Waals surface area contributed by atoms with E-state index in [-0.39, 0.29) is 16.5 Å². The van der Waals surface area contributed by atoms with Crippen LogP contribution in [0.25, 0.3) is 0 Å². The fraction of sp³-hybridized carbons (Fsp3) is 0.167. The maximum absolute atomic E-state index is 13.7. The Labute approximate surface area is 180 Å². The quantitative estimate of drug-likeness (QED) is 0.475. The molecule has 0 fully saturated rings. The molecule has 30 heavy (non-hydrogen) atoms. The van der Waals surface area contributed by atoms with E-state index in [4.69, 9.17) is 11.6 Å². The molecule has 0 spiro atoms. The molecular formula is C24H21ClFN3O. The number of nitrogens with one attached hydrogen (secondary N) is 1. The summed E-state index contributed by atoms with van der Waals surface area (Å²) in [6, 6.07) is 20.4. The third kappa shape index (κ3) is 4.75. The molecule has 4 rings (SSSR count). The predicted octanol–water partition coefficient (Wildman–Crippen LogP) is 4.80. The summed E-state index contributed by atoms with van der Waals surface area (Å²) < 4.78 is 13.7. The van der Waals surface area contributed by atoms with Crippen molar-refractivity contribution < 1.29 is 9.18 Å². The van der Waals surface area contributed by atoms with Crippen LogP contribution in [-0.2, 0) is 19.5 Å². The third-order valence-electron chi connectivity index (χ3n) is 5.19. The highest BCUT2D eigenvalue weighted by Crippen LogP contribution is 2.20. The Morgan fingerprint density at radius 3 is 2.60 bits per heavy atom. The highest BCUT2D eigenvalue weighted by molar-refractivity contribution is 6.33. The number of benzene rings is 3. The lowest BCUT2D eigenvalue weighted by Crippen LogP contribution is -2.30. The molecule has 1 aliphatic rings. The Morgan fingerprint density at radius 2 is 1.83 bits per heavy atom. The van der Waals surface area contributed by atoms with Crippen molar-refractivity contribution in [2.24, 2.45) is 5.10 Å². The van der Waals surface area contributed by atoms with Crippen LogP contribution >= 0.6 is 11.6 Å². The zero-order valence-electron chi connectivity index (χ0n) is 16.3.